The Morgan fingerprint density at radius 2 is 1.93 bits per heavy atom. The van der Waals surface area contributed by atoms with Gasteiger partial charge in [0.25, 0.3) is 0 Å². The molecule has 4 rings (SSSR count). The number of amides is 1. The number of allylic oxidation sites excluding steroid dienone is 1. The van der Waals surface area contributed by atoms with Crippen molar-refractivity contribution in [3.05, 3.63) is 64.7 Å². The van der Waals surface area contributed by atoms with Gasteiger partial charge in [-0.1, -0.05) is 23.7 Å². The maximum absolute atomic E-state index is 12.7. The van der Waals surface area contributed by atoms with Crippen molar-refractivity contribution in [2.24, 2.45) is 0 Å². The molecular weight excluding hydrogens is 386 g/mol. The van der Waals surface area contributed by atoms with Crippen molar-refractivity contribution in [2.45, 2.75) is 19.4 Å². The number of hydrogen-bond acceptors (Lipinski definition) is 4. The van der Waals surface area contributed by atoms with Crippen LogP contribution in [0.25, 0.3) is 6.08 Å². The Morgan fingerprint density at radius 3 is 2.69 bits per heavy atom. The van der Waals surface area contributed by atoms with Crippen molar-refractivity contribution in [3.8, 4) is 0 Å². The molecule has 5 nitrogen and oxygen atoms in total. The molecule has 29 heavy (non-hydrogen) atoms. The summed E-state index contributed by atoms with van der Waals surface area (Å²) in [6, 6.07) is 14.0. The van der Waals surface area contributed by atoms with Crippen LogP contribution in [0.15, 0.2) is 48.5 Å². The van der Waals surface area contributed by atoms with Gasteiger partial charge in [0.15, 0.2) is 5.78 Å². The second-order valence-corrected chi connectivity index (χ2v) is 8.04. The highest BCUT2D eigenvalue weighted by atomic mass is 35.5. The minimum absolute atomic E-state index is 0.0936. The van der Waals surface area contributed by atoms with Crippen LogP contribution in [0.3, 0.4) is 0 Å². The quantitative estimate of drug-likeness (QED) is 0.837. The van der Waals surface area contributed by atoms with Crippen molar-refractivity contribution in [3.63, 3.8) is 0 Å². The summed E-state index contributed by atoms with van der Waals surface area (Å²) in [5, 5.41) is 3.96. The first-order chi connectivity index (χ1) is 14.0. The number of nitrogens with one attached hydrogen (secondary N) is 1. The first-order valence-electron chi connectivity index (χ1n) is 9.87. The molecule has 2 aliphatic rings. The van der Waals surface area contributed by atoms with Gasteiger partial charge in [-0.25, -0.2) is 0 Å². The smallest absolute Gasteiger partial charge is 0.242 e. The van der Waals surface area contributed by atoms with E-state index in [0.717, 1.165) is 34.1 Å². The number of anilines is 2. The second-order valence-electron chi connectivity index (χ2n) is 7.60. The van der Waals surface area contributed by atoms with Crippen LogP contribution in [0.1, 0.15) is 18.1 Å². The molecule has 0 bridgehead atoms. The highest BCUT2D eigenvalue weighted by Crippen LogP contribution is 2.24. The first-order valence-corrected chi connectivity index (χ1v) is 10.2. The molecule has 1 amide bonds. The Hall–Kier alpha value is -2.79. The van der Waals surface area contributed by atoms with Crippen LogP contribution in [0.5, 0.6) is 0 Å². The maximum Gasteiger partial charge on any atom is 0.242 e. The zero-order valence-corrected chi connectivity index (χ0v) is 17.2. The fraction of sp³-hybridized carbons (Fsp3) is 0.304. The molecular formula is C23H24ClN3O2. The van der Waals surface area contributed by atoms with E-state index >= 15 is 0 Å². The van der Waals surface area contributed by atoms with Crippen LogP contribution in [0, 0.1) is 0 Å². The van der Waals surface area contributed by atoms with Crippen molar-refractivity contribution in [1.29, 1.82) is 0 Å². The monoisotopic (exact) mass is 409 g/mol. The van der Waals surface area contributed by atoms with E-state index in [4.69, 9.17) is 11.6 Å². The molecule has 1 saturated heterocycles. The first kappa shape index (κ1) is 19.5. The van der Waals surface area contributed by atoms with E-state index in [1.807, 2.05) is 53.4 Å². The second kappa shape index (κ2) is 8.29. The predicted molar refractivity (Wildman–Crippen MR) is 118 cm³/mol. The van der Waals surface area contributed by atoms with E-state index in [0.29, 0.717) is 19.5 Å². The molecule has 1 aliphatic carbocycles. The summed E-state index contributed by atoms with van der Waals surface area (Å²) in [4.78, 5) is 28.4. The molecule has 1 N–H and O–H groups in total. The lowest BCUT2D eigenvalue weighted by Crippen LogP contribution is -2.54. The molecule has 150 valence electrons. The van der Waals surface area contributed by atoms with Gasteiger partial charge in [-0.15, -0.1) is 0 Å². The summed E-state index contributed by atoms with van der Waals surface area (Å²) in [5.74, 6) is 0.219. The third kappa shape index (κ3) is 4.46. The lowest BCUT2D eigenvalue weighted by molar-refractivity contribution is -0.130. The van der Waals surface area contributed by atoms with Gasteiger partial charge in [0.1, 0.15) is 0 Å². The highest BCUT2D eigenvalue weighted by Gasteiger charge is 2.26. The molecule has 1 heterocycles. The zero-order valence-electron chi connectivity index (χ0n) is 16.4. The molecule has 0 spiro atoms. The van der Waals surface area contributed by atoms with Crippen LogP contribution < -0.4 is 10.2 Å². The summed E-state index contributed by atoms with van der Waals surface area (Å²) in [6.45, 7) is 4.58. The molecule has 2 aromatic rings. The summed E-state index contributed by atoms with van der Waals surface area (Å²) in [7, 11) is 0. The third-order valence-electron chi connectivity index (χ3n) is 5.54. The average Bonchev–Trinajstić information content (AvgIpc) is 2.72. The molecule has 2 aromatic carbocycles. The van der Waals surface area contributed by atoms with Gasteiger partial charge >= 0.3 is 0 Å². The number of carbonyl (C=O) groups excluding carboxylic acids is 2. The molecule has 1 atom stereocenters. The summed E-state index contributed by atoms with van der Waals surface area (Å²) >= 11 is 5.99. The van der Waals surface area contributed by atoms with Gasteiger partial charge in [-0.2, -0.15) is 0 Å². The Kier molecular flexibility index (Phi) is 5.58. The van der Waals surface area contributed by atoms with E-state index in [1.54, 1.807) is 6.08 Å². The van der Waals surface area contributed by atoms with Gasteiger partial charge in [-0.05, 0) is 60.5 Å². The Balaban J connectivity index is 1.33. The minimum atomic E-state index is 0.0936. The van der Waals surface area contributed by atoms with E-state index in [-0.39, 0.29) is 24.3 Å². The lowest BCUT2D eigenvalue weighted by Gasteiger charge is -2.41. The number of benzene rings is 2. The van der Waals surface area contributed by atoms with Crippen LogP contribution >= 0.6 is 11.6 Å². The topological polar surface area (TPSA) is 52.7 Å². The van der Waals surface area contributed by atoms with Crippen molar-refractivity contribution < 1.29 is 9.59 Å². The summed E-state index contributed by atoms with van der Waals surface area (Å²) < 4.78 is 0. The lowest BCUT2D eigenvalue weighted by atomic mass is 9.96. The van der Waals surface area contributed by atoms with Crippen molar-refractivity contribution in [1.82, 2.24) is 4.90 Å². The standard InChI is InChI=1S/C23H24ClN3O2/c1-16-15-26(10-11-27(16)21-7-4-19(24)5-8-21)23(29)14-25-20-6-2-18-13-22(28)9-3-17(18)12-20/h2-9,12,16,25H,10-11,13-15H2,1H3/t16-/m1/s1. The van der Waals surface area contributed by atoms with E-state index in [1.165, 1.54) is 0 Å². The van der Waals surface area contributed by atoms with Crippen LogP contribution in [0.4, 0.5) is 11.4 Å². The predicted octanol–water partition coefficient (Wildman–Crippen LogP) is 3.63. The molecule has 6 heteroatoms. The van der Waals surface area contributed by atoms with Gasteiger partial charge in [0.05, 0.1) is 6.54 Å². The number of rotatable bonds is 4. The Morgan fingerprint density at radius 1 is 1.14 bits per heavy atom. The average molecular weight is 410 g/mol. The van der Waals surface area contributed by atoms with Gasteiger partial charge in [-0.3, -0.25) is 9.59 Å². The SMILES string of the molecule is C[C@@H]1CN(C(=O)CNc2ccc3c(c2)C=CC(=O)C3)CCN1c1ccc(Cl)cc1. The third-order valence-corrected chi connectivity index (χ3v) is 5.79. The van der Waals surface area contributed by atoms with Crippen molar-refractivity contribution >= 4 is 40.7 Å². The van der Waals surface area contributed by atoms with Crippen LogP contribution in [-0.4, -0.2) is 48.8 Å². The Labute approximate surface area is 175 Å². The van der Waals surface area contributed by atoms with E-state index < -0.39 is 0 Å². The highest BCUT2D eigenvalue weighted by molar-refractivity contribution is 6.30. The molecule has 0 saturated carbocycles. The molecule has 0 unspecified atom stereocenters. The van der Waals surface area contributed by atoms with Crippen molar-refractivity contribution in [2.75, 3.05) is 36.4 Å². The number of ketones is 1. The fourth-order valence-electron chi connectivity index (χ4n) is 3.94. The number of carbonyl (C=O) groups is 2. The largest absolute Gasteiger partial charge is 0.376 e. The maximum atomic E-state index is 12.7. The van der Waals surface area contributed by atoms with Crippen LogP contribution in [-0.2, 0) is 16.0 Å². The summed E-state index contributed by atoms with van der Waals surface area (Å²) in [5.41, 5.74) is 4.09. The Bertz CT molecular complexity index is 955. The molecule has 1 fully saturated rings. The van der Waals surface area contributed by atoms with Crippen LogP contribution in [0.2, 0.25) is 5.02 Å². The number of nitrogens with zero attached hydrogens (tertiary/aromatic N) is 2. The molecule has 0 aromatic heterocycles. The van der Waals surface area contributed by atoms with Gasteiger partial charge < -0.3 is 15.1 Å². The molecule has 0 radical (unpaired) electrons. The van der Waals surface area contributed by atoms with E-state index in [9.17, 15) is 9.59 Å². The van der Waals surface area contributed by atoms with E-state index in [2.05, 4.69) is 17.1 Å². The fourth-order valence-corrected chi connectivity index (χ4v) is 4.07. The van der Waals surface area contributed by atoms with Gasteiger partial charge in [0, 0.05) is 48.5 Å². The number of piperazine rings is 1. The summed E-state index contributed by atoms with van der Waals surface area (Å²) in [6.07, 6.45) is 3.89. The van der Waals surface area contributed by atoms with Gasteiger partial charge in [0.2, 0.25) is 5.91 Å². The number of fused-ring (bicyclic) bond motifs is 1. The number of halogens is 1. The number of hydrogen-bond donors (Lipinski definition) is 1. The zero-order chi connectivity index (χ0) is 20.4. The minimum Gasteiger partial charge on any atom is -0.376 e. The molecule has 1 aliphatic heterocycles. The normalized spacial score (nSPS) is 18.6.